The lowest BCUT2D eigenvalue weighted by atomic mass is 10.1. The number of hydrogen-bond acceptors (Lipinski definition) is 6. The fraction of sp³-hybridized carbons (Fsp3) is 0.273. The van der Waals surface area contributed by atoms with Crippen LogP contribution in [0.25, 0.3) is 11.3 Å². The van der Waals surface area contributed by atoms with E-state index in [1.54, 1.807) is 11.4 Å². The van der Waals surface area contributed by atoms with E-state index in [0.29, 0.717) is 24.1 Å². The number of carbonyl (C=O) groups is 1. The average molecular weight is 621 g/mol. The number of nitrogens with zero attached hydrogens (tertiary/aromatic N) is 3. The van der Waals surface area contributed by atoms with Crippen LogP contribution < -0.4 is 16.0 Å². The molecule has 1 atom stereocenters. The summed E-state index contributed by atoms with van der Waals surface area (Å²) in [6.45, 7) is 2.14. The summed E-state index contributed by atoms with van der Waals surface area (Å²) in [5, 5.41) is 15.4. The number of amides is 2. The van der Waals surface area contributed by atoms with Gasteiger partial charge in [-0.25, -0.2) is 14.7 Å². The molecule has 1 heterocycles. The van der Waals surface area contributed by atoms with Crippen molar-refractivity contribution in [3.63, 3.8) is 0 Å². The molecule has 1 aromatic heterocycles. The van der Waals surface area contributed by atoms with Crippen LogP contribution in [0.5, 0.6) is 0 Å². The molecule has 0 fully saturated rings. The summed E-state index contributed by atoms with van der Waals surface area (Å²) in [5.74, 6) is 0. The zero-order valence-corrected chi connectivity index (χ0v) is 21.6. The summed E-state index contributed by atoms with van der Waals surface area (Å²) in [5.41, 5.74) is 5.60. The van der Waals surface area contributed by atoms with Crippen LogP contribution in [0.1, 0.15) is 25.3 Å². The number of alkyl halides is 3. The Labute approximate surface area is 220 Å². The van der Waals surface area contributed by atoms with E-state index in [1.165, 1.54) is 30.3 Å². The number of halogens is 4. The minimum Gasteiger partial charge on any atom is -0.337 e. The Hall–Kier alpha value is -2.78. The Kier molecular flexibility index (Phi) is 9.97. The molecule has 0 aliphatic heterocycles. The number of thiazole rings is 1. The van der Waals surface area contributed by atoms with Crippen LogP contribution in [0.4, 0.5) is 34.5 Å². The molecule has 0 aliphatic carbocycles. The molecule has 0 bridgehead atoms. The third-order valence-electron chi connectivity index (χ3n) is 4.99. The average Bonchev–Trinajstić information content (AvgIpc) is 3.28. The van der Waals surface area contributed by atoms with Gasteiger partial charge in [0.2, 0.25) is 0 Å². The molecular formula is C22H23F3IN5O3S. The molecule has 35 heavy (non-hydrogen) atoms. The van der Waals surface area contributed by atoms with E-state index in [1.807, 2.05) is 6.92 Å². The van der Waals surface area contributed by atoms with E-state index < -0.39 is 22.7 Å². The summed E-state index contributed by atoms with van der Waals surface area (Å²) in [6, 6.07) is 9.36. The first-order chi connectivity index (χ1) is 16.1. The van der Waals surface area contributed by atoms with Gasteiger partial charge in [0.25, 0.3) is 5.69 Å². The third-order valence-corrected chi connectivity index (χ3v) is 5.81. The number of nitrogens with one attached hydrogen (secondary N) is 1. The van der Waals surface area contributed by atoms with Crippen LogP contribution >= 0.6 is 35.3 Å². The molecular weight excluding hydrogens is 598 g/mol. The number of nitro benzene ring substituents is 1. The lowest BCUT2D eigenvalue weighted by molar-refractivity contribution is -0.384. The lowest BCUT2D eigenvalue weighted by Gasteiger charge is -2.22. The molecule has 3 rings (SSSR count). The number of benzene rings is 2. The van der Waals surface area contributed by atoms with Gasteiger partial charge in [0.15, 0.2) is 5.13 Å². The summed E-state index contributed by atoms with van der Waals surface area (Å²) < 4.78 is 39.9. The topological polar surface area (TPSA) is 114 Å². The van der Waals surface area contributed by atoms with E-state index in [4.69, 9.17) is 5.73 Å². The first kappa shape index (κ1) is 28.5. The number of carbonyl (C=O) groups excluding carboxylic acids is 1. The number of aromatic nitrogens is 1. The standard InChI is InChI=1S/C22H22F3N5O3S.HI/c1-2-16(26)9-10-27-20(31)29(17-7-4-6-15(12-17)22(23,24)25)21-28-19(13-34-21)14-5-3-8-18(11-14)30(32)33;/h3-8,11-13,16H,2,9-10,26H2,1H3,(H,27,31);1H. The van der Waals surface area contributed by atoms with Crippen LogP contribution in [0.15, 0.2) is 53.9 Å². The zero-order chi connectivity index (χ0) is 24.9. The molecule has 13 heteroatoms. The summed E-state index contributed by atoms with van der Waals surface area (Å²) >= 11 is 1.03. The van der Waals surface area contributed by atoms with E-state index in [-0.39, 0.29) is 53.1 Å². The van der Waals surface area contributed by atoms with Crippen LogP contribution in [-0.2, 0) is 6.18 Å². The maximum absolute atomic E-state index is 13.3. The monoisotopic (exact) mass is 621 g/mol. The van der Waals surface area contributed by atoms with Crippen molar-refractivity contribution in [3.8, 4) is 11.3 Å². The summed E-state index contributed by atoms with van der Waals surface area (Å²) in [4.78, 5) is 29.0. The van der Waals surface area contributed by atoms with Crippen LogP contribution in [0.2, 0.25) is 0 Å². The highest BCUT2D eigenvalue weighted by Gasteiger charge is 2.32. The number of nitrogens with two attached hydrogens (primary N) is 1. The van der Waals surface area contributed by atoms with Crippen LogP contribution in [0.3, 0.4) is 0 Å². The number of hydrogen-bond donors (Lipinski definition) is 2. The van der Waals surface area contributed by atoms with Crippen LogP contribution in [-0.4, -0.2) is 28.5 Å². The first-order valence-electron chi connectivity index (χ1n) is 10.3. The second kappa shape index (κ2) is 12.3. The van der Waals surface area contributed by atoms with Gasteiger partial charge in [-0.1, -0.05) is 25.1 Å². The predicted octanol–water partition coefficient (Wildman–Crippen LogP) is 6.33. The molecule has 3 aromatic rings. The van der Waals surface area contributed by atoms with E-state index >= 15 is 0 Å². The van der Waals surface area contributed by atoms with Crippen molar-refractivity contribution in [3.05, 3.63) is 69.6 Å². The number of non-ortho nitro benzene ring substituents is 1. The van der Waals surface area contributed by atoms with Gasteiger partial charge >= 0.3 is 12.2 Å². The van der Waals surface area contributed by atoms with Crippen molar-refractivity contribution in [1.82, 2.24) is 10.3 Å². The Morgan fingerprint density at radius 3 is 2.63 bits per heavy atom. The van der Waals surface area contributed by atoms with Gasteiger partial charge in [-0.05, 0) is 31.0 Å². The van der Waals surface area contributed by atoms with Gasteiger partial charge in [0.05, 0.1) is 21.9 Å². The normalized spacial score (nSPS) is 11.9. The Bertz CT molecular complexity index is 1170. The first-order valence-corrected chi connectivity index (χ1v) is 11.2. The fourth-order valence-electron chi connectivity index (χ4n) is 3.06. The van der Waals surface area contributed by atoms with Crippen molar-refractivity contribution >= 4 is 57.9 Å². The number of urea groups is 1. The van der Waals surface area contributed by atoms with Gasteiger partial charge in [0, 0.05) is 35.7 Å². The van der Waals surface area contributed by atoms with Crippen molar-refractivity contribution in [2.24, 2.45) is 5.73 Å². The molecule has 1 unspecified atom stereocenters. The fourth-order valence-corrected chi connectivity index (χ4v) is 3.91. The second-order valence-electron chi connectivity index (χ2n) is 7.40. The second-order valence-corrected chi connectivity index (χ2v) is 8.23. The zero-order valence-electron chi connectivity index (χ0n) is 18.5. The minimum absolute atomic E-state index is 0. The van der Waals surface area contributed by atoms with Gasteiger partial charge in [-0.3, -0.25) is 10.1 Å². The highest BCUT2D eigenvalue weighted by Crippen LogP contribution is 2.36. The van der Waals surface area contributed by atoms with Crippen molar-refractivity contribution < 1.29 is 22.9 Å². The maximum atomic E-state index is 13.3. The third kappa shape index (κ3) is 7.35. The Morgan fingerprint density at radius 2 is 1.97 bits per heavy atom. The predicted molar refractivity (Wildman–Crippen MR) is 139 cm³/mol. The van der Waals surface area contributed by atoms with E-state index in [2.05, 4.69) is 10.3 Å². The molecule has 8 nitrogen and oxygen atoms in total. The molecule has 0 aliphatic rings. The Morgan fingerprint density at radius 1 is 1.26 bits per heavy atom. The highest BCUT2D eigenvalue weighted by atomic mass is 127. The molecule has 0 spiro atoms. The van der Waals surface area contributed by atoms with Crippen LogP contribution in [0, 0.1) is 10.1 Å². The molecule has 2 amide bonds. The summed E-state index contributed by atoms with van der Waals surface area (Å²) in [7, 11) is 0. The SMILES string of the molecule is CCC(N)CCNC(=O)N(c1cccc(C(F)(F)F)c1)c1nc(-c2cccc([N+](=O)[O-])c2)cs1.I. The number of rotatable bonds is 8. The van der Waals surface area contributed by atoms with E-state index in [9.17, 15) is 28.1 Å². The van der Waals surface area contributed by atoms with Gasteiger partial charge < -0.3 is 11.1 Å². The van der Waals surface area contributed by atoms with Crippen molar-refractivity contribution in [1.29, 1.82) is 0 Å². The number of anilines is 2. The molecule has 188 valence electrons. The smallest absolute Gasteiger partial charge is 0.337 e. The minimum atomic E-state index is -4.59. The maximum Gasteiger partial charge on any atom is 0.416 e. The molecule has 0 radical (unpaired) electrons. The van der Waals surface area contributed by atoms with Gasteiger partial charge in [-0.2, -0.15) is 13.2 Å². The quantitative estimate of drug-likeness (QED) is 0.173. The molecule has 0 saturated heterocycles. The Balaban J connectivity index is 0.00000432. The van der Waals surface area contributed by atoms with E-state index in [0.717, 1.165) is 28.4 Å². The number of nitro groups is 1. The van der Waals surface area contributed by atoms with Crippen molar-refractivity contribution in [2.75, 3.05) is 11.4 Å². The van der Waals surface area contributed by atoms with Gasteiger partial charge in [0.1, 0.15) is 0 Å². The molecule has 0 saturated carbocycles. The molecule has 2 aromatic carbocycles. The summed E-state index contributed by atoms with van der Waals surface area (Å²) in [6.07, 6.45) is -3.38. The molecule has 3 N–H and O–H groups in total. The highest BCUT2D eigenvalue weighted by molar-refractivity contribution is 14.0. The lowest BCUT2D eigenvalue weighted by Crippen LogP contribution is -2.39. The largest absolute Gasteiger partial charge is 0.416 e. The van der Waals surface area contributed by atoms with Gasteiger partial charge in [-0.15, -0.1) is 35.3 Å². The van der Waals surface area contributed by atoms with Crippen molar-refractivity contribution in [2.45, 2.75) is 32.0 Å².